The zero-order valence-corrected chi connectivity index (χ0v) is 13.0. The standard InChI is InChI=1S/C14H21ClN4O2/c1-3-19(9-14(21)17-2)7-6-13(20)18-10-4-5-11(15)12(16)8-10/h4-5,8H,3,6-7,9,16H2,1-2H3,(H,17,21)(H,18,20). The molecule has 0 unspecified atom stereocenters. The van der Waals surface area contributed by atoms with Gasteiger partial charge in [-0.15, -0.1) is 0 Å². The highest BCUT2D eigenvalue weighted by Gasteiger charge is 2.10. The number of benzene rings is 1. The zero-order valence-electron chi connectivity index (χ0n) is 12.3. The van der Waals surface area contributed by atoms with Gasteiger partial charge in [-0.1, -0.05) is 18.5 Å². The summed E-state index contributed by atoms with van der Waals surface area (Å²) in [4.78, 5) is 25.1. The van der Waals surface area contributed by atoms with Gasteiger partial charge < -0.3 is 16.4 Å². The van der Waals surface area contributed by atoms with Crippen molar-refractivity contribution in [3.8, 4) is 0 Å². The molecule has 7 heteroatoms. The third kappa shape index (κ3) is 6.01. The lowest BCUT2D eigenvalue weighted by Gasteiger charge is -2.18. The van der Waals surface area contributed by atoms with E-state index in [2.05, 4.69) is 10.6 Å². The van der Waals surface area contributed by atoms with E-state index in [-0.39, 0.29) is 18.4 Å². The van der Waals surface area contributed by atoms with Gasteiger partial charge in [0.2, 0.25) is 11.8 Å². The van der Waals surface area contributed by atoms with Gasteiger partial charge in [0.05, 0.1) is 17.3 Å². The number of halogens is 1. The first-order chi connectivity index (χ1) is 9.96. The molecule has 0 aromatic heterocycles. The van der Waals surface area contributed by atoms with E-state index in [0.29, 0.717) is 35.9 Å². The molecule has 0 saturated carbocycles. The normalized spacial score (nSPS) is 10.5. The summed E-state index contributed by atoms with van der Waals surface area (Å²) in [5, 5.41) is 5.77. The van der Waals surface area contributed by atoms with E-state index in [9.17, 15) is 9.59 Å². The van der Waals surface area contributed by atoms with Crippen molar-refractivity contribution in [3.63, 3.8) is 0 Å². The van der Waals surface area contributed by atoms with Crippen LogP contribution in [0.3, 0.4) is 0 Å². The van der Waals surface area contributed by atoms with Gasteiger partial charge in [0, 0.05) is 25.7 Å². The van der Waals surface area contributed by atoms with E-state index >= 15 is 0 Å². The summed E-state index contributed by atoms with van der Waals surface area (Å²) >= 11 is 5.82. The zero-order chi connectivity index (χ0) is 15.8. The van der Waals surface area contributed by atoms with Crippen LogP contribution in [0.4, 0.5) is 11.4 Å². The van der Waals surface area contributed by atoms with E-state index in [1.807, 2.05) is 11.8 Å². The highest BCUT2D eigenvalue weighted by Crippen LogP contribution is 2.22. The van der Waals surface area contributed by atoms with Crippen LogP contribution in [0.25, 0.3) is 0 Å². The molecule has 0 aliphatic carbocycles. The van der Waals surface area contributed by atoms with Gasteiger partial charge in [0.25, 0.3) is 0 Å². The molecule has 2 amide bonds. The van der Waals surface area contributed by atoms with Crippen LogP contribution in [0, 0.1) is 0 Å². The Morgan fingerprint density at radius 1 is 1.33 bits per heavy atom. The SMILES string of the molecule is CCN(CCC(=O)Nc1ccc(Cl)c(N)c1)CC(=O)NC. The molecule has 0 spiro atoms. The minimum Gasteiger partial charge on any atom is -0.397 e. The van der Waals surface area contributed by atoms with Crippen molar-refractivity contribution in [1.82, 2.24) is 10.2 Å². The molecule has 0 atom stereocenters. The number of amides is 2. The van der Waals surface area contributed by atoms with E-state index in [0.717, 1.165) is 0 Å². The van der Waals surface area contributed by atoms with Gasteiger partial charge in [-0.3, -0.25) is 14.5 Å². The number of hydrogen-bond donors (Lipinski definition) is 3. The molecule has 21 heavy (non-hydrogen) atoms. The molecule has 0 bridgehead atoms. The summed E-state index contributed by atoms with van der Waals surface area (Å²) in [5.41, 5.74) is 6.70. The largest absolute Gasteiger partial charge is 0.397 e. The predicted octanol–water partition coefficient (Wildman–Crippen LogP) is 1.32. The summed E-state index contributed by atoms with van der Waals surface area (Å²) in [6, 6.07) is 4.94. The fraction of sp³-hybridized carbons (Fsp3) is 0.429. The average Bonchev–Trinajstić information content (AvgIpc) is 2.47. The highest BCUT2D eigenvalue weighted by atomic mass is 35.5. The minimum absolute atomic E-state index is 0.0669. The summed E-state index contributed by atoms with van der Waals surface area (Å²) in [7, 11) is 1.59. The van der Waals surface area contributed by atoms with E-state index in [1.165, 1.54) is 0 Å². The Morgan fingerprint density at radius 2 is 2.05 bits per heavy atom. The number of hydrogen-bond acceptors (Lipinski definition) is 4. The van der Waals surface area contributed by atoms with Crippen LogP contribution < -0.4 is 16.4 Å². The molecule has 116 valence electrons. The number of nitrogen functional groups attached to an aromatic ring is 1. The number of carbonyl (C=O) groups excluding carboxylic acids is 2. The highest BCUT2D eigenvalue weighted by molar-refractivity contribution is 6.33. The molecule has 6 nitrogen and oxygen atoms in total. The quantitative estimate of drug-likeness (QED) is 0.663. The van der Waals surface area contributed by atoms with E-state index < -0.39 is 0 Å². The van der Waals surface area contributed by atoms with E-state index in [4.69, 9.17) is 17.3 Å². The van der Waals surface area contributed by atoms with Gasteiger partial charge >= 0.3 is 0 Å². The number of carbonyl (C=O) groups is 2. The monoisotopic (exact) mass is 312 g/mol. The Balaban J connectivity index is 2.45. The molecule has 0 aliphatic rings. The maximum absolute atomic E-state index is 11.9. The first-order valence-corrected chi connectivity index (χ1v) is 7.11. The molecule has 0 radical (unpaired) electrons. The number of nitrogens with two attached hydrogens (primary N) is 1. The van der Waals surface area contributed by atoms with Crippen LogP contribution >= 0.6 is 11.6 Å². The molecule has 1 aromatic rings. The summed E-state index contributed by atoms with van der Waals surface area (Å²) < 4.78 is 0. The van der Waals surface area contributed by atoms with Crippen molar-refractivity contribution >= 4 is 34.8 Å². The number of anilines is 2. The molecular weight excluding hydrogens is 292 g/mol. The minimum atomic E-state index is -0.132. The van der Waals surface area contributed by atoms with Crippen LogP contribution in [0.2, 0.25) is 5.02 Å². The van der Waals surface area contributed by atoms with Crippen molar-refractivity contribution < 1.29 is 9.59 Å². The number of rotatable bonds is 7. The van der Waals surface area contributed by atoms with E-state index in [1.54, 1.807) is 25.2 Å². The Morgan fingerprint density at radius 3 is 2.62 bits per heavy atom. The van der Waals surface area contributed by atoms with Gasteiger partial charge in [0.15, 0.2) is 0 Å². The molecule has 1 rings (SSSR count). The van der Waals surface area contributed by atoms with Crippen LogP contribution in [-0.2, 0) is 9.59 Å². The maximum atomic E-state index is 11.9. The predicted molar refractivity (Wildman–Crippen MR) is 85.3 cm³/mol. The first-order valence-electron chi connectivity index (χ1n) is 6.74. The van der Waals surface area contributed by atoms with Crippen molar-refractivity contribution in [2.24, 2.45) is 0 Å². The maximum Gasteiger partial charge on any atom is 0.233 e. The first kappa shape index (κ1) is 17.3. The summed E-state index contributed by atoms with van der Waals surface area (Å²) in [5.74, 6) is -0.199. The van der Waals surface area contributed by atoms with Crippen molar-refractivity contribution in [3.05, 3.63) is 23.2 Å². The van der Waals surface area contributed by atoms with Crippen LogP contribution in [0.5, 0.6) is 0 Å². The van der Waals surface area contributed by atoms with Crippen molar-refractivity contribution in [2.45, 2.75) is 13.3 Å². The molecule has 0 heterocycles. The molecule has 1 aromatic carbocycles. The van der Waals surface area contributed by atoms with Crippen LogP contribution in [0.1, 0.15) is 13.3 Å². The number of likely N-dealkylation sites (N-methyl/N-ethyl adjacent to an activating group) is 2. The van der Waals surface area contributed by atoms with Crippen LogP contribution in [-0.4, -0.2) is 43.4 Å². The molecule has 0 saturated heterocycles. The lowest BCUT2D eigenvalue weighted by molar-refractivity contribution is -0.122. The van der Waals surface area contributed by atoms with Crippen molar-refractivity contribution in [1.29, 1.82) is 0 Å². The second kappa shape index (κ2) is 8.49. The molecule has 4 N–H and O–H groups in total. The second-order valence-corrected chi connectivity index (χ2v) is 4.98. The lowest BCUT2D eigenvalue weighted by atomic mass is 10.2. The molecule has 0 aliphatic heterocycles. The molecule has 0 fully saturated rings. The lowest BCUT2D eigenvalue weighted by Crippen LogP contribution is -2.37. The smallest absolute Gasteiger partial charge is 0.233 e. The Hall–Kier alpha value is -1.79. The Labute approximate surface area is 129 Å². The Kier molecular flexibility index (Phi) is 6.98. The van der Waals surface area contributed by atoms with Gasteiger partial charge in [-0.25, -0.2) is 0 Å². The fourth-order valence-electron chi connectivity index (χ4n) is 1.74. The molecular formula is C14H21ClN4O2. The van der Waals surface area contributed by atoms with Gasteiger partial charge in [0.1, 0.15) is 0 Å². The van der Waals surface area contributed by atoms with Gasteiger partial charge in [-0.05, 0) is 24.7 Å². The summed E-state index contributed by atoms with van der Waals surface area (Å²) in [6.45, 7) is 3.45. The average molecular weight is 313 g/mol. The third-order valence-electron chi connectivity index (χ3n) is 3.03. The Bertz CT molecular complexity index is 508. The number of nitrogens with zero attached hydrogens (tertiary/aromatic N) is 1. The third-order valence-corrected chi connectivity index (χ3v) is 3.37. The van der Waals surface area contributed by atoms with Crippen molar-refractivity contribution in [2.75, 3.05) is 37.7 Å². The topological polar surface area (TPSA) is 87.5 Å². The fourth-order valence-corrected chi connectivity index (χ4v) is 1.85. The second-order valence-electron chi connectivity index (χ2n) is 4.58. The van der Waals surface area contributed by atoms with Crippen LogP contribution in [0.15, 0.2) is 18.2 Å². The van der Waals surface area contributed by atoms with Gasteiger partial charge in [-0.2, -0.15) is 0 Å². The summed E-state index contributed by atoms with van der Waals surface area (Å²) in [6.07, 6.45) is 0.299. The number of nitrogens with one attached hydrogen (secondary N) is 2.